The van der Waals surface area contributed by atoms with E-state index in [0.29, 0.717) is 17.5 Å². The maximum Gasteiger partial charge on any atom is 0.416 e. The zero-order valence-corrected chi connectivity index (χ0v) is 19.5. The van der Waals surface area contributed by atoms with Crippen LogP contribution in [0.15, 0.2) is 53.4 Å². The summed E-state index contributed by atoms with van der Waals surface area (Å²) in [5.74, 6) is 0.0175. The fourth-order valence-electron chi connectivity index (χ4n) is 4.18. The average molecular weight is 487 g/mol. The Hall–Kier alpha value is -1.98. The molecule has 0 radical (unpaired) electrons. The molecule has 2 aromatic rings. The van der Waals surface area contributed by atoms with Gasteiger partial charge in [-0.1, -0.05) is 45.0 Å². The van der Waals surface area contributed by atoms with E-state index in [4.69, 9.17) is 0 Å². The highest BCUT2D eigenvalue weighted by Gasteiger charge is 2.47. The van der Waals surface area contributed by atoms with Crippen molar-refractivity contribution >= 4 is 10.0 Å². The number of alkyl halides is 3. The molecule has 1 saturated heterocycles. The molecule has 0 spiro atoms. The van der Waals surface area contributed by atoms with Crippen LogP contribution in [-0.4, -0.2) is 53.0 Å². The number of aliphatic hydroxyl groups excluding tert-OH is 1. The Morgan fingerprint density at radius 1 is 1.06 bits per heavy atom. The minimum absolute atomic E-state index is 0.0105. The van der Waals surface area contributed by atoms with Crippen molar-refractivity contribution in [3.63, 3.8) is 0 Å². The normalized spacial score (nSPS) is 22.4. The summed E-state index contributed by atoms with van der Waals surface area (Å²) in [6.07, 6.45) is -4.96. The Bertz CT molecular complexity index is 1040. The third-order valence-electron chi connectivity index (χ3n) is 6.03. The number of hydrogen-bond donors (Lipinski definition) is 2. The lowest BCUT2D eigenvalue weighted by molar-refractivity contribution is -0.207. The lowest BCUT2D eigenvalue weighted by Crippen LogP contribution is -2.47. The summed E-state index contributed by atoms with van der Waals surface area (Å²) in [5, 5.41) is 21.7. The van der Waals surface area contributed by atoms with E-state index in [1.807, 2.05) is 20.8 Å². The summed E-state index contributed by atoms with van der Waals surface area (Å²) in [5.41, 5.74) is 0.347. The lowest BCUT2D eigenvalue weighted by atomic mass is 10.0. The van der Waals surface area contributed by atoms with E-state index < -0.39 is 34.0 Å². The van der Waals surface area contributed by atoms with E-state index in [-0.39, 0.29) is 29.8 Å². The van der Waals surface area contributed by atoms with Gasteiger partial charge < -0.3 is 10.3 Å². The van der Waals surface area contributed by atoms with Crippen LogP contribution in [0.4, 0.5) is 13.2 Å². The van der Waals surface area contributed by atoms with Gasteiger partial charge in [0.2, 0.25) is 10.0 Å². The summed E-state index contributed by atoms with van der Waals surface area (Å²) >= 11 is 0. The topological polar surface area (TPSA) is 81.1 Å². The van der Waals surface area contributed by atoms with Crippen LogP contribution in [0.1, 0.15) is 39.2 Å². The molecule has 0 bridgehead atoms. The highest BCUT2D eigenvalue weighted by Crippen LogP contribution is 2.34. The van der Waals surface area contributed by atoms with Gasteiger partial charge in [0.25, 0.3) is 0 Å². The second-order valence-corrected chi connectivity index (χ2v) is 10.5. The summed E-state index contributed by atoms with van der Waals surface area (Å²) in [7, 11) is -3.99. The van der Waals surface area contributed by atoms with Crippen LogP contribution in [0.2, 0.25) is 0 Å². The first-order valence-corrected chi connectivity index (χ1v) is 12.3. The number of hydrogen-bond acceptors (Lipinski definition) is 5. The molecular formula is C23H29F3N2O4S. The number of hydroxylamine groups is 2. The first kappa shape index (κ1) is 25.6. The Morgan fingerprint density at radius 2 is 1.58 bits per heavy atom. The van der Waals surface area contributed by atoms with Gasteiger partial charge in [-0.2, -0.15) is 22.5 Å². The van der Waals surface area contributed by atoms with Gasteiger partial charge in [0.1, 0.15) is 6.23 Å². The van der Waals surface area contributed by atoms with Crippen molar-refractivity contribution in [2.45, 2.75) is 63.0 Å². The van der Waals surface area contributed by atoms with E-state index in [1.165, 1.54) is 28.6 Å². The molecule has 1 aliphatic heterocycles. The molecule has 3 atom stereocenters. The van der Waals surface area contributed by atoms with Gasteiger partial charge in [-0.3, -0.25) is 0 Å². The van der Waals surface area contributed by atoms with Gasteiger partial charge in [0.05, 0.1) is 16.5 Å². The molecule has 1 unspecified atom stereocenters. The molecule has 2 N–H and O–H groups in total. The van der Waals surface area contributed by atoms with E-state index in [1.54, 1.807) is 12.1 Å². The number of benzene rings is 2. The van der Waals surface area contributed by atoms with Crippen molar-refractivity contribution in [2.24, 2.45) is 5.92 Å². The molecular weight excluding hydrogens is 457 g/mol. The SMILES string of the molecule is CCCN([C@@H]1C[C@@H](C(C)C)N(O)C1O)S(=O)(=O)c1ccc(-c2ccc(C(F)(F)F)cc2)cc1. The number of aliphatic hydroxyl groups is 1. The predicted molar refractivity (Wildman–Crippen MR) is 118 cm³/mol. The van der Waals surface area contributed by atoms with Crippen molar-refractivity contribution in [1.82, 2.24) is 9.37 Å². The second kappa shape index (κ2) is 9.71. The summed E-state index contributed by atoms with van der Waals surface area (Å²) < 4.78 is 66.4. The van der Waals surface area contributed by atoms with Gasteiger partial charge >= 0.3 is 6.18 Å². The van der Waals surface area contributed by atoms with Gasteiger partial charge in [-0.25, -0.2) is 8.42 Å². The fraction of sp³-hybridized carbons (Fsp3) is 0.478. The van der Waals surface area contributed by atoms with Gasteiger partial charge in [0, 0.05) is 12.6 Å². The third kappa shape index (κ3) is 5.25. The molecule has 1 heterocycles. The van der Waals surface area contributed by atoms with Crippen LogP contribution in [0, 0.1) is 5.92 Å². The molecule has 182 valence electrons. The molecule has 3 rings (SSSR count). The van der Waals surface area contributed by atoms with E-state index in [2.05, 4.69) is 0 Å². The molecule has 1 fully saturated rings. The Balaban J connectivity index is 1.87. The van der Waals surface area contributed by atoms with E-state index in [9.17, 15) is 31.9 Å². The highest BCUT2D eigenvalue weighted by atomic mass is 32.2. The molecule has 0 aromatic heterocycles. The zero-order chi connectivity index (χ0) is 24.6. The van der Waals surface area contributed by atoms with Crippen molar-refractivity contribution in [3.05, 3.63) is 54.1 Å². The molecule has 1 aliphatic rings. The Kier molecular flexibility index (Phi) is 7.55. The third-order valence-corrected chi connectivity index (χ3v) is 7.97. The summed E-state index contributed by atoms with van der Waals surface area (Å²) in [6.45, 7) is 5.78. The molecule has 0 amide bonds. The maximum absolute atomic E-state index is 13.4. The monoisotopic (exact) mass is 486 g/mol. The highest BCUT2D eigenvalue weighted by molar-refractivity contribution is 7.89. The smallest absolute Gasteiger partial charge is 0.375 e. The van der Waals surface area contributed by atoms with Crippen LogP contribution in [0.5, 0.6) is 0 Å². The van der Waals surface area contributed by atoms with E-state index >= 15 is 0 Å². The first-order chi connectivity index (χ1) is 15.4. The van der Waals surface area contributed by atoms with Gasteiger partial charge in [-0.05, 0) is 54.2 Å². The minimum Gasteiger partial charge on any atom is -0.375 e. The van der Waals surface area contributed by atoms with Crippen molar-refractivity contribution in [2.75, 3.05) is 6.54 Å². The lowest BCUT2D eigenvalue weighted by Gasteiger charge is -2.30. The van der Waals surface area contributed by atoms with Crippen molar-refractivity contribution in [1.29, 1.82) is 0 Å². The number of sulfonamides is 1. The molecule has 6 nitrogen and oxygen atoms in total. The largest absolute Gasteiger partial charge is 0.416 e. The molecule has 10 heteroatoms. The quantitative estimate of drug-likeness (QED) is 0.599. The Labute approximate surface area is 192 Å². The molecule has 33 heavy (non-hydrogen) atoms. The maximum atomic E-state index is 13.4. The van der Waals surface area contributed by atoms with E-state index in [0.717, 1.165) is 17.2 Å². The first-order valence-electron chi connectivity index (χ1n) is 10.8. The van der Waals surface area contributed by atoms with Gasteiger partial charge in [0.15, 0.2) is 0 Å². The Morgan fingerprint density at radius 3 is 2.00 bits per heavy atom. The van der Waals surface area contributed by atoms with Crippen LogP contribution in [0.3, 0.4) is 0 Å². The number of rotatable bonds is 7. The predicted octanol–water partition coefficient (Wildman–Crippen LogP) is 4.58. The van der Waals surface area contributed by atoms with Crippen molar-refractivity contribution in [3.8, 4) is 11.1 Å². The number of nitrogens with zero attached hydrogens (tertiary/aromatic N) is 2. The van der Waals surface area contributed by atoms with Crippen molar-refractivity contribution < 1.29 is 31.9 Å². The van der Waals surface area contributed by atoms with Crippen LogP contribution < -0.4 is 0 Å². The standard InChI is InChI=1S/C23H29F3N2O4S/c1-4-13-27(21-14-20(15(2)3)28(30)22(21)29)33(31,32)19-11-7-17(8-12-19)16-5-9-18(10-6-16)23(24,25)26/h5-12,15,20-22,29-30H,4,13-14H2,1-3H3/t20-,21+,22?/m0/s1. The summed E-state index contributed by atoms with van der Waals surface area (Å²) in [4.78, 5) is 0.0105. The zero-order valence-electron chi connectivity index (χ0n) is 18.7. The van der Waals surface area contributed by atoms with Crippen LogP contribution >= 0.6 is 0 Å². The number of halogens is 3. The molecule has 0 saturated carbocycles. The summed E-state index contributed by atoms with van der Waals surface area (Å²) in [6, 6.07) is 9.36. The van der Waals surface area contributed by atoms with Crippen LogP contribution in [0.25, 0.3) is 11.1 Å². The fourth-order valence-corrected chi connectivity index (χ4v) is 5.91. The average Bonchev–Trinajstić information content (AvgIpc) is 3.06. The molecule has 2 aromatic carbocycles. The van der Waals surface area contributed by atoms with Crippen LogP contribution in [-0.2, 0) is 16.2 Å². The molecule has 0 aliphatic carbocycles. The minimum atomic E-state index is -4.43. The second-order valence-electron chi connectivity index (χ2n) is 8.62. The van der Waals surface area contributed by atoms with Gasteiger partial charge in [-0.15, -0.1) is 0 Å².